The molecular weight excluding hydrogens is 332 g/mol. The molecule has 1 amide bonds. The molecule has 122 valence electrons. The van der Waals surface area contributed by atoms with Crippen molar-refractivity contribution in [1.29, 1.82) is 0 Å². The van der Waals surface area contributed by atoms with Gasteiger partial charge in [0.1, 0.15) is 24.0 Å². The molecule has 0 aliphatic carbocycles. The summed E-state index contributed by atoms with van der Waals surface area (Å²) in [5.74, 6) is -0.692. The van der Waals surface area contributed by atoms with Crippen molar-refractivity contribution in [2.24, 2.45) is 0 Å². The molecule has 0 radical (unpaired) electrons. The predicted molar refractivity (Wildman–Crippen MR) is 95.0 cm³/mol. The minimum atomic E-state index is -0.441. The summed E-state index contributed by atoms with van der Waals surface area (Å²) in [6, 6.07) is 9.52. The van der Waals surface area contributed by atoms with E-state index in [2.05, 4.69) is 0 Å². The Labute approximate surface area is 145 Å². The van der Waals surface area contributed by atoms with Crippen molar-refractivity contribution in [2.45, 2.75) is 0 Å². The summed E-state index contributed by atoms with van der Waals surface area (Å²) in [6.45, 7) is 0.910. The lowest BCUT2D eigenvalue weighted by atomic mass is 10.2. The molecule has 1 heterocycles. The summed E-state index contributed by atoms with van der Waals surface area (Å²) in [4.78, 5) is 27.2. The number of thiocarbonyl (C=S) groups is 1. The first-order valence-corrected chi connectivity index (χ1v) is 8.45. The molecule has 2 rings (SSSR count). The number of quaternary nitrogens is 1. The highest BCUT2D eigenvalue weighted by Gasteiger charge is 2.33. The fraction of sp³-hybridized carbons (Fsp3) is 0.312. The molecule has 1 N–H and O–H groups in total. The minimum absolute atomic E-state index is 0.139. The van der Waals surface area contributed by atoms with E-state index in [1.165, 1.54) is 21.6 Å². The predicted octanol–water partition coefficient (Wildman–Crippen LogP) is 0.576. The number of esters is 1. The van der Waals surface area contributed by atoms with Crippen LogP contribution in [0.5, 0.6) is 0 Å². The van der Waals surface area contributed by atoms with Crippen LogP contribution in [0.2, 0.25) is 0 Å². The van der Waals surface area contributed by atoms with Crippen molar-refractivity contribution < 1.29 is 19.2 Å². The van der Waals surface area contributed by atoms with E-state index in [1.54, 1.807) is 6.08 Å². The van der Waals surface area contributed by atoms with E-state index in [-0.39, 0.29) is 12.5 Å². The van der Waals surface area contributed by atoms with Crippen LogP contribution in [0.25, 0.3) is 6.08 Å². The molecule has 1 aromatic rings. The number of nitrogens with zero attached hydrogens (tertiary/aromatic N) is 1. The van der Waals surface area contributed by atoms with Crippen molar-refractivity contribution >= 4 is 46.3 Å². The molecule has 1 aliphatic heterocycles. The van der Waals surface area contributed by atoms with Gasteiger partial charge in [0.2, 0.25) is 0 Å². The maximum absolute atomic E-state index is 12.4. The quantitative estimate of drug-likeness (QED) is 0.462. The maximum atomic E-state index is 12.4. The van der Waals surface area contributed by atoms with Crippen LogP contribution < -0.4 is 4.90 Å². The zero-order valence-corrected chi connectivity index (χ0v) is 14.7. The highest BCUT2D eigenvalue weighted by atomic mass is 32.2. The molecule has 0 atom stereocenters. The monoisotopic (exact) mass is 351 g/mol. The number of thioether (sulfide) groups is 1. The van der Waals surface area contributed by atoms with Crippen molar-refractivity contribution in [3.05, 3.63) is 40.8 Å². The Hall–Kier alpha value is -1.70. The van der Waals surface area contributed by atoms with E-state index in [0.717, 1.165) is 12.1 Å². The van der Waals surface area contributed by atoms with E-state index in [9.17, 15) is 9.59 Å². The number of hydrogen-bond acceptors (Lipinski definition) is 5. The SMILES string of the molecule is C[NH+](C)CCOC(=O)CN1C(=O)/C(=C/c2ccccc2)SC1=S. The van der Waals surface area contributed by atoms with Crippen LogP contribution in [0.3, 0.4) is 0 Å². The van der Waals surface area contributed by atoms with Crippen molar-refractivity contribution in [3.63, 3.8) is 0 Å². The second-order valence-electron chi connectivity index (χ2n) is 5.36. The largest absolute Gasteiger partial charge is 0.458 e. The van der Waals surface area contributed by atoms with Gasteiger partial charge in [0.15, 0.2) is 0 Å². The molecule has 0 saturated carbocycles. The molecule has 23 heavy (non-hydrogen) atoms. The summed E-state index contributed by atoms with van der Waals surface area (Å²) >= 11 is 6.40. The van der Waals surface area contributed by atoms with Gasteiger partial charge in [-0.1, -0.05) is 54.3 Å². The number of amides is 1. The zero-order valence-electron chi connectivity index (χ0n) is 13.1. The third kappa shape index (κ3) is 5.16. The van der Waals surface area contributed by atoms with E-state index >= 15 is 0 Å². The van der Waals surface area contributed by atoms with Gasteiger partial charge in [0, 0.05) is 0 Å². The van der Waals surface area contributed by atoms with Gasteiger partial charge in [0.25, 0.3) is 5.91 Å². The van der Waals surface area contributed by atoms with Crippen LogP contribution in [0.15, 0.2) is 35.2 Å². The second-order valence-corrected chi connectivity index (χ2v) is 7.03. The first kappa shape index (κ1) is 17.7. The molecule has 0 spiro atoms. The van der Waals surface area contributed by atoms with E-state index < -0.39 is 5.97 Å². The molecular formula is C16H19N2O3S2+. The van der Waals surface area contributed by atoms with Crippen LogP contribution >= 0.6 is 24.0 Å². The average molecular weight is 351 g/mol. The summed E-state index contributed by atoms with van der Waals surface area (Å²) in [6.07, 6.45) is 1.78. The number of nitrogens with one attached hydrogen (secondary N) is 1. The van der Waals surface area contributed by atoms with Crippen LogP contribution in [0.1, 0.15) is 5.56 Å². The molecule has 0 unspecified atom stereocenters. The van der Waals surface area contributed by atoms with Crippen molar-refractivity contribution in [1.82, 2.24) is 4.90 Å². The lowest BCUT2D eigenvalue weighted by Crippen LogP contribution is -3.06. The van der Waals surface area contributed by atoms with Gasteiger partial charge in [-0.15, -0.1) is 0 Å². The Morgan fingerprint density at radius 2 is 2.04 bits per heavy atom. The molecule has 0 aromatic heterocycles. The summed E-state index contributed by atoms with van der Waals surface area (Å²) in [5.41, 5.74) is 0.921. The van der Waals surface area contributed by atoms with Crippen molar-refractivity contribution in [2.75, 3.05) is 33.8 Å². The number of carbonyl (C=O) groups is 2. The highest BCUT2D eigenvalue weighted by Crippen LogP contribution is 2.32. The van der Waals surface area contributed by atoms with Gasteiger partial charge in [0.05, 0.1) is 19.0 Å². The lowest BCUT2D eigenvalue weighted by Gasteiger charge is -2.14. The molecule has 1 aromatic carbocycles. The van der Waals surface area contributed by atoms with Gasteiger partial charge in [-0.2, -0.15) is 0 Å². The topological polar surface area (TPSA) is 51.1 Å². The Kier molecular flexibility index (Phi) is 6.32. The van der Waals surface area contributed by atoms with E-state index in [1.807, 2.05) is 44.4 Å². The fourth-order valence-electron chi connectivity index (χ4n) is 1.88. The van der Waals surface area contributed by atoms with Gasteiger partial charge >= 0.3 is 5.97 Å². The van der Waals surface area contributed by atoms with Crippen LogP contribution in [0.4, 0.5) is 0 Å². The smallest absolute Gasteiger partial charge is 0.326 e. The second kappa shape index (κ2) is 8.24. The molecule has 1 aliphatic rings. The van der Waals surface area contributed by atoms with E-state index in [0.29, 0.717) is 15.8 Å². The zero-order chi connectivity index (χ0) is 16.8. The van der Waals surface area contributed by atoms with Crippen LogP contribution in [-0.2, 0) is 14.3 Å². The molecule has 1 saturated heterocycles. The van der Waals surface area contributed by atoms with E-state index in [4.69, 9.17) is 17.0 Å². The number of carbonyl (C=O) groups excluding carboxylic acids is 2. The maximum Gasteiger partial charge on any atom is 0.326 e. The summed E-state index contributed by atoms with van der Waals surface area (Å²) < 4.78 is 5.50. The fourth-order valence-corrected chi connectivity index (χ4v) is 3.14. The third-order valence-corrected chi connectivity index (χ3v) is 4.50. The van der Waals surface area contributed by atoms with Gasteiger partial charge < -0.3 is 9.64 Å². The van der Waals surface area contributed by atoms with Crippen LogP contribution in [0, 0.1) is 0 Å². The Morgan fingerprint density at radius 1 is 1.35 bits per heavy atom. The first-order chi connectivity index (χ1) is 11.0. The third-order valence-electron chi connectivity index (χ3n) is 3.12. The molecule has 1 fully saturated rings. The lowest BCUT2D eigenvalue weighted by molar-refractivity contribution is -0.858. The highest BCUT2D eigenvalue weighted by molar-refractivity contribution is 8.26. The first-order valence-electron chi connectivity index (χ1n) is 7.22. The number of rotatable bonds is 6. The molecule has 7 heteroatoms. The standard InChI is InChI=1S/C16H18N2O3S2/c1-17(2)8-9-21-14(19)11-18-15(20)13(23-16(18)22)10-12-6-4-3-5-7-12/h3-7,10H,8-9,11H2,1-2H3/p+1/b13-10-. The number of likely N-dealkylation sites (N-methyl/N-ethyl adjacent to an activating group) is 1. The number of hydrogen-bond donors (Lipinski definition) is 1. The molecule has 5 nitrogen and oxygen atoms in total. The molecule has 0 bridgehead atoms. The average Bonchev–Trinajstić information content (AvgIpc) is 2.75. The van der Waals surface area contributed by atoms with Gasteiger partial charge in [-0.05, 0) is 11.6 Å². The van der Waals surface area contributed by atoms with Crippen LogP contribution in [-0.4, -0.2) is 54.9 Å². The number of ether oxygens (including phenoxy) is 1. The summed E-state index contributed by atoms with van der Waals surface area (Å²) in [7, 11) is 3.95. The minimum Gasteiger partial charge on any atom is -0.458 e. The Morgan fingerprint density at radius 3 is 2.70 bits per heavy atom. The Bertz CT molecular complexity index is 629. The number of benzene rings is 1. The normalized spacial score (nSPS) is 16.5. The summed E-state index contributed by atoms with van der Waals surface area (Å²) in [5, 5.41) is 0. The van der Waals surface area contributed by atoms with Gasteiger partial charge in [-0.25, -0.2) is 0 Å². The van der Waals surface area contributed by atoms with Crippen molar-refractivity contribution in [3.8, 4) is 0 Å². The Balaban J connectivity index is 1.96. The van der Waals surface area contributed by atoms with Gasteiger partial charge in [-0.3, -0.25) is 14.5 Å².